The van der Waals surface area contributed by atoms with E-state index in [-0.39, 0.29) is 5.92 Å². The summed E-state index contributed by atoms with van der Waals surface area (Å²) >= 11 is 0. The highest BCUT2D eigenvalue weighted by molar-refractivity contribution is 5.79. The minimum Gasteiger partial charge on any atom is -0.339 e. The van der Waals surface area contributed by atoms with Crippen LogP contribution in [0.25, 0.3) is 0 Å². The third kappa shape index (κ3) is 4.30. The molecule has 1 heterocycles. The van der Waals surface area contributed by atoms with Crippen molar-refractivity contribution in [1.82, 2.24) is 10.2 Å². The molecule has 100 valence electrons. The summed E-state index contributed by atoms with van der Waals surface area (Å²) < 4.78 is 0. The Morgan fingerprint density at radius 3 is 2.76 bits per heavy atom. The van der Waals surface area contributed by atoms with Gasteiger partial charge in [0.15, 0.2) is 0 Å². The van der Waals surface area contributed by atoms with Gasteiger partial charge in [0.25, 0.3) is 0 Å². The van der Waals surface area contributed by atoms with Crippen molar-refractivity contribution in [2.45, 2.75) is 58.9 Å². The zero-order chi connectivity index (χ0) is 12.7. The Balaban J connectivity index is 2.56. The molecule has 1 amide bonds. The van der Waals surface area contributed by atoms with Crippen LogP contribution in [0.5, 0.6) is 0 Å². The van der Waals surface area contributed by atoms with E-state index in [1.807, 2.05) is 6.92 Å². The van der Waals surface area contributed by atoms with Crippen LogP contribution >= 0.6 is 0 Å². The SMILES string of the molecule is CCNCC(C)C(=O)N1CCCCCC1CC. The molecule has 1 aliphatic heterocycles. The van der Waals surface area contributed by atoms with Crippen molar-refractivity contribution >= 4 is 5.91 Å². The first kappa shape index (κ1) is 14.5. The summed E-state index contributed by atoms with van der Waals surface area (Å²) in [6.07, 6.45) is 6.03. The van der Waals surface area contributed by atoms with Crippen LogP contribution in [0, 0.1) is 5.92 Å². The van der Waals surface area contributed by atoms with Gasteiger partial charge in [-0.25, -0.2) is 0 Å². The summed E-state index contributed by atoms with van der Waals surface area (Å²) in [5.41, 5.74) is 0. The lowest BCUT2D eigenvalue weighted by Crippen LogP contribution is -2.44. The van der Waals surface area contributed by atoms with E-state index in [0.717, 1.165) is 26.1 Å². The van der Waals surface area contributed by atoms with Crippen LogP contribution in [-0.4, -0.2) is 36.5 Å². The van der Waals surface area contributed by atoms with E-state index < -0.39 is 0 Å². The normalized spacial score (nSPS) is 23.2. The standard InChI is InChI=1S/C14H28N2O/c1-4-13-9-7-6-8-10-16(13)14(17)12(3)11-15-5-2/h12-13,15H,4-11H2,1-3H3. The van der Waals surface area contributed by atoms with Gasteiger partial charge in [-0.2, -0.15) is 0 Å². The van der Waals surface area contributed by atoms with Crippen molar-refractivity contribution < 1.29 is 4.79 Å². The van der Waals surface area contributed by atoms with Crippen LogP contribution in [0.2, 0.25) is 0 Å². The lowest BCUT2D eigenvalue weighted by Gasteiger charge is -2.31. The minimum atomic E-state index is 0.113. The molecule has 0 aromatic carbocycles. The molecule has 0 saturated carbocycles. The smallest absolute Gasteiger partial charge is 0.226 e. The average molecular weight is 240 g/mol. The van der Waals surface area contributed by atoms with E-state index in [1.165, 1.54) is 25.7 Å². The summed E-state index contributed by atoms with van der Waals surface area (Å²) in [4.78, 5) is 14.6. The van der Waals surface area contributed by atoms with E-state index in [9.17, 15) is 4.79 Å². The number of hydrogen-bond acceptors (Lipinski definition) is 2. The van der Waals surface area contributed by atoms with Crippen LogP contribution in [0.4, 0.5) is 0 Å². The van der Waals surface area contributed by atoms with Gasteiger partial charge in [0.05, 0.1) is 0 Å². The highest BCUT2D eigenvalue weighted by atomic mass is 16.2. The number of nitrogens with one attached hydrogen (secondary N) is 1. The molecule has 2 unspecified atom stereocenters. The quantitative estimate of drug-likeness (QED) is 0.800. The van der Waals surface area contributed by atoms with Crippen LogP contribution < -0.4 is 5.32 Å². The second kappa shape index (κ2) is 7.70. The molecule has 0 aromatic heterocycles. The van der Waals surface area contributed by atoms with Gasteiger partial charge >= 0.3 is 0 Å². The molecule has 3 heteroatoms. The molecule has 0 radical (unpaired) electrons. The summed E-state index contributed by atoms with van der Waals surface area (Å²) in [5.74, 6) is 0.460. The minimum absolute atomic E-state index is 0.113. The second-order valence-electron chi connectivity index (χ2n) is 5.15. The van der Waals surface area contributed by atoms with Crippen molar-refractivity contribution in [3.05, 3.63) is 0 Å². The van der Waals surface area contributed by atoms with Gasteiger partial charge in [0.1, 0.15) is 0 Å². The van der Waals surface area contributed by atoms with Crippen LogP contribution in [-0.2, 0) is 4.79 Å². The Morgan fingerprint density at radius 1 is 1.35 bits per heavy atom. The first-order valence-corrected chi connectivity index (χ1v) is 7.21. The van der Waals surface area contributed by atoms with E-state index >= 15 is 0 Å². The number of carbonyl (C=O) groups is 1. The molecular formula is C14H28N2O. The Hall–Kier alpha value is -0.570. The van der Waals surface area contributed by atoms with E-state index in [4.69, 9.17) is 0 Å². The molecule has 0 aliphatic carbocycles. The molecule has 1 N–H and O–H groups in total. The molecule has 17 heavy (non-hydrogen) atoms. The monoisotopic (exact) mass is 240 g/mol. The first-order valence-electron chi connectivity index (χ1n) is 7.21. The molecule has 0 aromatic rings. The van der Waals surface area contributed by atoms with E-state index in [0.29, 0.717) is 11.9 Å². The van der Waals surface area contributed by atoms with Gasteiger partial charge in [-0.05, 0) is 25.8 Å². The average Bonchev–Trinajstić information content (AvgIpc) is 2.59. The van der Waals surface area contributed by atoms with E-state index in [2.05, 4.69) is 24.1 Å². The number of rotatable bonds is 5. The predicted molar refractivity (Wildman–Crippen MR) is 72.0 cm³/mol. The molecule has 0 spiro atoms. The van der Waals surface area contributed by atoms with Crippen molar-refractivity contribution in [3.8, 4) is 0 Å². The van der Waals surface area contributed by atoms with Crippen molar-refractivity contribution in [2.24, 2.45) is 5.92 Å². The molecule has 1 rings (SSSR count). The predicted octanol–water partition coefficient (Wildman–Crippen LogP) is 2.41. The second-order valence-corrected chi connectivity index (χ2v) is 5.15. The van der Waals surface area contributed by atoms with Crippen molar-refractivity contribution in [2.75, 3.05) is 19.6 Å². The lowest BCUT2D eigenvalue weighted by molar-refractivity contribution is -0.137. The zero-order valence-corrected chi connectivity index (χ0v) is 11.7. The van der Waals surface area contributed by atoms with Crippen LogP contribution in [0.3, 0.4) is 0 Å². The molecular weight excluding hydrogens is 212 g/mol. The summed E-state index contributed by atoms with van der Waals surface area (Å²) in [5, 5.41) is 3.27. The first-order chi connectivity index (χ1) is 8.20. The van der Waals surface area contributed by atoms with Crippen molar-refractivity contribution in [3.63, 3.8) is 0 Å². The summed E-state index contributed by atoms with van der Waals surface area (Å²) in [6, 6.07) is 0.481. The van der Waals surface area contributed by atoms with Gasteiger partial charge in [0, 0.05) is 25.0 Å². The number of hydrogen-bond donors (Lipinski definition) is 1. The van der Waals surface area contributed by atoms with Crippen molar-refractivity contribution in [1.29, 1.82) is 0 Å². The van der Waals surface area contributed by atoms with Gasteiger partial charge in [0.2, 0.25) is 5.91 Å². The largest absolute Gasteiger partial charge is 0.339 e. The highest BCUT2D eigenvalue weighted by Crippen LogP contribution is 2.20. The Morgan fingerprint density at radius 2 is 2.12 bits per heavy atom. The molecule has 2 atom stereocenters. The maximum Gasteiger partial charge on any atom is 0.226 e. The molecule has 3 nitrogen and oxygen atoms in total. The Labute approximate surface area is 106 Å². The number of carbonyl (C=O) groups excluding carboxylic acids is 1. The van der Waals surface area contributed by atoms with Crippen LogP contribution in [0.15, 0.2) is 0 Å². The van der Waals surface area contributed by atoms with Gasteiger partial charge in [-0.3, -0.25) is 4.79 Å². The fourth-order valence-electron chi connectivity index (χ4n) is 2.62. The van der Waals surface area contributed by atoms with Crippen LogP contribution in [0.1, 0.15) is 52.9 Å². The van der Waals surface area contributed by atoms with Gasteiger partial charge < -0.3 is 10.2 Å². The number of likely N-dealkylation sites (tertiary alicyclic amines) is 1. The maximum absolute atomic E-state index is 12.4. The molecule has 1 saturated heterocycles. The fourth-order valence-corrected chi connectivity index (χ4v) is 2.62. The maximum atomic E-state index is 12.4. The number of nitrogens with zero attached hydrogens (tertiary/aromatic N) is 1. The highest BCUT2D eigenvalue weighted by Gasteiger charge is 2.27. The Bertz CT molecular complexity index is 230. The fraction of sp³-hybridized carbons (Fsp3) is 0.929. The lowest BCUT2D eigenvalue weighted by atomic mass is 10.0. The zero-order valence-electron chi connectivity index (χ0n) is 11.7. The van der Waals surface area contributed by atoms with Gasteiger partial charge in [-0.1, -0.05) is 33.6 Å². The Kier molecular flexibility index (Phi) is 6.56. The third-order valence-electron chi connectivity index (χ3n) is 3.75. The molecule has 1 aliphatic rings. The summed E-state index contributed by atoms with van der Waals surface area (Å²) in [6.45, 7) is 9.04. The van der Waals surface area contributed by atoms with E-state index in [1.54, 1.807) is 0 Å². The van der Waals surface area contributed by atoms with Gasteiger partial charge in [-0.15, -0.1) is 0 Å². The topological polar surface area (TPSA) is 32.3 Å². The molecule has 0 bridgehead atoms. The summed E-state index contributed by atoms with van der Waals surface area (Å²) in [7, 11) is 0. The molecule has 1 fully saturated rings. The number of amides is 1. The third-order valence-corrected chi connectivity index (χ3v) is 3.75.